The molecule has 0 N–H and O–H groups in total. The van der Waals surface area contributed by atoms with Gasteiger partial charge in [0.1, 0.15) is 5.82 Å². The predicted octanol–water partition coefficient (Wildman–Crippen LogP) is 2.71. The molecule has 1 aromatic heterocycles. The zero-order valence-corrected chi connectivity index (χ0v) is 14.3. The molecule has 1 aliphatic heterocycles. The second-order valence-corrected chi connectivity index (χ2v) is 6.48. The summed E-state index contributed by atoms with van der Waals surface area (Å²) < 4.78 is 14.6. The normalized spacial score (nSPS) is 15.4. The molecule has 1 amide bonds. The number of carbonyl (C=O) groups excluding carboxylic acids is 2. The number of aryl methyl sites for hydroxylation is 1. The molecule has 0 saturated carbocycles. The highest BCUT2D eigenvalue weighted by atomic mass is 19.1. The molecule has 1 fully saturated rings. The van der Waals surface area contributed by atoms with Crippen LogP contribution in [0.5, 0.6) is 0 Å². The quantitative estimate of drug-likeness (QED) is 0.620. The van der Waals surface area contributed by atoms with E-state index >= 15 is 0 Å². The van der Waals surface area contributed by atoms with Gasteiger partial charge in [-0.1, -0.05) is 12.1 Å². The van der Waals surface area contributed by atoms with E-state index in [1.165, 1.54) is 18.3 Å². The Hall–Kier alpha value is -2.50. The van der Waals surface area contributed by atoms with Crippen molar-refractivity contribution in [2.24, 2.45) is 5.92 Å². The van der Waals surface area contributed by atoms with E-state index in [0.717, 1.165) is 24.8 Å². The number of carbonyl (C=O) groups is 2. The number of benzene rings is 1. The molecule has 0 aliphatic carbocycles. The number of hydrogen-bond acceptors (Lipinski definition) is 3. The smallest absolute Gasteiger partial charge is 0.295 e. The van der Waals surface area contributed by atoms with Crippen LogP contribution >= 0.6 is 0 Å². The number of Topliss-reactive ketones (excluding diaryl/α,β-unsaturated/α-hetero) is 1. The molecule has 5 nitrogen and oxygen atoms in total. The molecular weight excluding hydrogens is 321 g/mol. The Labute approximate surface area is 146 Å². The molecule has 0 spiro atoms. The van der Waals surface area contributed by atoms with Crippen molar-refractivity contribution in [2.75, 3.05) is 13.1 Å². The molecule has 1 aromatic carbocycles. The SMILES string of the molecule is CCn1cc(C(=O)C(=O)N2CCC(Cc3ccc(F)cc3)CC2)cn1. The maximum atomic E-state index is 13.0. The first-order valence-electron chi connectivity index (χ1n) is 8.67. The van der Waals surface area contributed by atoms with Crippen LogP contribution in [0.1, 0.15) is 35.7 Å². The Morgan fingerprint density at radius 1 is 1.20 bits per heavy atom. The van der Waals surface area contributed by atoms with E-state index in [1.807, 2.05) is 19.1 Å². The number of aromatic nitrogens is 2. The number of nitrogens with zero attached hydrogens (tertiary/aromatic N) is 3. The Morgan fingerprint density at radius 3 is 2.48 bits per heavy atom. The van der Waals surface area contributed by atoms with Gasteiger partial charge in [-0.3, -0.25) is 14.3 Å². The van der Waals surface area contributed by atoms with Gasteiger partial charge in [-0.2, -0.15) is 5.10 Å². The molecule has 1 aliphatic rings. The summed E-state index contributed by atoms with van der Waals surface area (Å²) in [5.41, 5.74) is 1.45. The summed E-state index contributed by atoms with van der Waals surface area (Å²) in [6.45, 7) is 3.75. The van der Waals surface area contributed by atoms with Gasteiger partial charge in [0.05, 0.1) is 11.8 Å². The Kier molecular flexibility index (Phi) is 5.26. The minimum Gasteiger partial charge on any atom is -0.336 e. The van der Waals surface area contributed by atoms with Gasteiger partial charge in [0.15, 0.2) is 0 Å². The summed E-state index contributed by atoms with van der Waals surface area (Å²) in [6, 6.07) is 6.57. The van der Waals surface area contributed by atoms with Crippen LogP contribution < -0.4 is 0 Å². The van der Waals surface area contributed by atoms with Crippen molar-refractivity contribution >= 4 is 11.7 Å². The van der Waals surface area contributed by atoms with Gasteiger partial charge >= 0.3 is 0 Å². The van der Waals surface area contributed by atoms with Gasteiger partial charge in [0, 0.05) is 25.8 Å². The number of halogens is 1. The summed E-state index contributed by atoms with van der Waals surface area (Å²) in [6.07, 6.45) is 5.64. The first-order valence-corrected chi connectivity index (χ1v) is 8.67. The van der Waals surface area contributed by atoms with Crippen LogP contribution in [0.3, 0.4) is 0 Å². The predicted molar refractivity (Wildman–Crippen MR) is 91.6 cm³/mol. The second-order valence-electron chi connectivity index (χ2n) is 6.48. The lowest BCUT2D eigenvalue weighted by atomic mass is 9.90. The fraction of sp³-hybridized carbons (Fsp3) is 0.421. The third-order valence-electron chi connectivity index (χ3n) is 4.75. The molecule has 132 valence electrons. The van der Waals surface area contributed by atoms with Crippen LogP contribution in [0, 0.1) is 11.7 Å². The van der Waals surface area contributed by atoms with Gasteiger partial charge in [-0.25, -0.2) is 4.39 Å². The van der Waals surface area contributed by atoms with Crippen molar-refractivity contribution in [3.8, 4) is 0 Å². The second kappa shape index (κ2) is 7.59. The van der Waals surface area contributed by atoms with E-state index in [2.05, 4.69) is 5.10 Å². The molecular formula is C19H22FN3O2. The molecule has 0 radical (unpaired) electrons. The van der Waals surface area contributed by atoms with Crippen molar-refractivity contribution in [1.29, 1.82) is 0 Å². The zero-order chi connectivity index (χ0) is 17.8. The summed E-state index contributed by atoms with van der Waals surface area (Å²) >= 11 is 0. The lowest BCUT2D eigenvalue weighted by Gasteiger charge is -2.31. The van der Waals surface area contributed by atoms with Gasteiger partial charge in [0.25, 0.3) is 11.7 Å². The Balaban J connectivity index is 1.53. The lowest BCUT2D eigenvalue weighted by molar-refractivity contribution is -0.127. The maximum Gasteiger partial charge on any atom is 0.295 e. The number of hydrogen-bond donors (Lipinski definition) is 0. The van der Waals surface area contributed by atoms with E-state index < -0.39 is 11.7 Å². The molecule has 3 rings (SSSR count). The van der Waals surface area contributed by atoms with Crippen molar-refractivity contribution in [1.82, 2.24) is 14.7 Å². The maximum absolute atomic E-state index is 13.0. The molecule has 0 atom stereocenters. The van der Waals surface area contributed by atoms with E-state index in [-0.39, 0.29) is 5.82 Å². The topological polar surface area (TPSA) is 55.2 Å². The summed E-state index contributed by atoms with van der Waals surface area (Å²) in [7, 11) is 0. The van der Waals surface area contributed by atoms with Crippen LogP contribution in [-0.2, 0) is 17.8 Å². The molecule has 0 bridgehead atoms. The largest absolute Gasteiger partial charge is 0.336 e. The van der Waals surface area contributed by atoms with Crippen molar-refractivity contribution in [3.63, 3.8) is 0 Å². The molecule has 1 saturated heterocycles. The summed E-state index contributed by atoms with van der Waals surface area (Å²) in [5.74, 6) is -0.714. The average Bonchev–Trinajstić information content (AvgIpc) is 3.12. The van der Waals surface area contributed by atoms with Gasteiger partial charge in [-0.15, -0.1) is 0 Å². The Bertz CT molecular complexity index is 746. The molecule has 2 heterocycles. The first kappa shape index (κ1) is 17.3. The average molecular weight is 343 g/mol. The van der Waals surface area contributed by atoms with Gasteiger partial charge < -0.3 is 4.90 Å². The van der Waals surface area contributed by atoms with Crippen molar-refractivity contribution in [2.45, 2.75) is 32.7 Å². The highest BCUT2D eigenvalue weighted by Gasteiger charge is 2.28. The number of rotatable bonds is 5. The van der Waals surface area contributed by atoms with E-state index in [0.29, 0.717) is 31.1 Å². The summed E-state index contributed by atoms with van der Waals surface area (Å²) in [5, 5.41) is 4.05. The standard InChI is InChI=1S/C19H22FN3O2/c1-2-23-13-16(12-21-23)18(24)19(25)22-9-7-15(8-10-22)11-14-3-5-17(20)6-4-14/h3-6,12-13,15H,2,7-11H2,1H3. The van der Waals surface area contributed by atoms with Crippen molar-refractivity contribution < 1.29 is 14.0 Å². The third kappa shape index (κ3) is 4.13. The minimum atomic E-state index is -0.489. The van der Waals surface area contributed by atoms with Gasteiger partial charge in [0.2, 0.25) is 0 Å². The van der Waals surface area contributed by atoms with Crippen LogP contribution in [-0.4, -0.2) is 39.5 Å². The van der Waals surface area contributed by atoms with Crippen LogP contribution in [0.2, 0.25) is 0 Å². The summed E-state index contributed by atoms with van der Waals surface area (Å²) in [4.78, 5) is 26.3. The zero-order valence-electron chi connectivity index (χ0n) is 14.3. The molecule has 2 aromatic rings. The van der Waals surface area contributed by atoms with Crippen molar-refractivity contribution in [3.05, 3.63) is 53.6 Å². The highest BCUT2D eigenvalue weighted by Crippen LogP contribution is 2.22. The lowest BCUT2D eigenvalue weighted by Crippen LogP contribution is -2.42. The van der Waals surface area contributed by atoms with Crippen LogP contribution in [0.25, 0.3) is 0 Å². The Morgan fingerprint density at radius 2 is 1.88 bits per heavy atom. The number of piperidine rings is 1. The minimum absolute atomic E-state index is 0.228. The van der Waals surface area contributed by atoms with Crippen LogP contribution in [0.4, 0.5) is 4.39 Å². The first-order chi connectivity index (χ1) is 12.1. The molecule has 0 unspecified atom stereocenters. The number of ketones is 1. The van der Waals surface area contributed by atoms with E-state index in [9.17, 15) is 14.0 Å². The molecule has 25 heavy (non-hydrogen) atoms. The fourth-order valence-corrected chi connectivity index (χ4v) is 3.21. The fourth-order valence-electron chi connectivity index (χ4n) is 3.21. The number of amides is 1. The number of likely N-dealkylation sites (tertiary alicyclic amines) is 1. The molecule has 6 heteroatoms. The highest BCUT2D eigenvalue weighted by molar-refractivity contribution is 6.42. The van der Waals surface area contributed by atoms with Crippen LogP contribution in [0.15, 0.2) is 36.7 Å². The van der Waals surface area contributed by atoms with E-state index in [1.54, 1.807) is 15.8 Å². The third-order valence-corrected chi connectivity index (χ3v) is 4.75. The van der Waals surface area contributed by atoms with Gasteiger partial charge in [-0.05, 0) is 49.8 Å². The monoisotopic (exact) mass is 343 g/mol. The van der Waals surface area contributed by atoms with E-state index in [4.69, 9.17) is 0 Å².